The molecule has 5 nitrogen and oxygen atoms in total. The molecule has 0 radical (unpaired) electrons. The molecule has 1 fully saturated rings. The van der Waals surface area contributed by atoms with Crippen LogP contribution < -0.4 is 10.6 Å². The average molecular weight is 382 g/mol. The van der Waals surface area contributed by atoms with E-state index in [0.717, 1.165) is 38.0 Å². The summed E-state index contributed by atoms with van der Waals surface area (Å²) in [6, 6.07) is 6.94. The number of rotatable bonds is 6. The lowest BCUT2D eigenvalue weighted by molar-refractivity contribution is -0.136. The van der Waals surface area contributed by atoms with Crippen LogP contribution >= 0.6 is 12.4 Å². The molecular formula is C20H32ClN3O2. The summed E-state index contributed by atoms with van der Waals surface area (Å²) in [5.41, 5.74) is 1.70. The van der Waals surface area contributed by atoms with E-state index in [0.29, 0.717) is 11.5 Å². The molecule has 1 aromatic carbocycles. The third kappa shape index (κ3) is 5.99. The van der Waals surface area contributed by atoms with Gasteiger partial charge in [0.1, 0.15) is 6.04 Å². The van der Waals surface area contributed by atoms with Gasteiger partial charge in [0, 0.05) is 18.7 Å². The Morgan fingerprint density at radius 3 is 2.46 bits per heavy atom. The van der Waals surface area contributed by atoms with Crippen molar-refractivity contribution >= 4 is 24.2 Å². The molecule has 2 unspecified atom stereocenters. The summed E-state index contributed by atoms with van der Waals surface area (Å²) in [5, 5.41) is 6.15. The minimum absolute atomic E-state index is 0. The number of halogens is 1. The lowest BCUT2D eigenvalue weighted by Crippen LogP contribution is -2.54. The normalized spacial score (nSPS) is 18.2. The van der Waals surface area contributed by atoms with Crippen molar-refractivity contribution in [3.05, 3.63) is 35.4 Å². The van der Waals surface area contributed by atoms with Crippen LogP contribution in [0.1, 0.15) is 42.6 Å². The van der Waals surface area contributed by atoms with Crippen molar-refractivity contribution < 1.29 is 9.59 Å². The van der Waals surface area contributed by atoms with Crippen LogP contribution in [-0.4, -0.2) is 49.4 Å². The van der Waals surface area contributed by atoms with Gasteiger partial charge >= 0.3 is 0 Å². The number of piperidine rings is 1. The zero-order valence-electron chi connectivity index (χ0n) is 16.2. The summed E-state index contributed by atoms with van der Waals surface area (Å²) in [6.07, 6.45) is 2.17. The van der Waals surface area contributed by atoms with Gasteiger partial charge in [-0.3, -0.25) is 9.59 Å². The van der Waals surface area contributed by atoms with Crippen LogP contribution in [0.3, 0.4) is 0 Å². The van der Waals surface area contributed by atoms with E-state index in [-0.39, 0.29) is 30.1 Å². The number of aryl methyl sites for hydroxylation is 1. The van der Waals surface area contributed by atoms with Gasteiger partial charge in [-0.05, 0) is 57.3 Å². The van der Waals surface area contributed by atoms with Gasteiger partial charge in [-0.1, -0.05) is 31.5 Å². The standard InChI is InChI=1S/C20H31N3O2.ClH/c1-14(2)18(22-19(24)17-9-7-15(3)8-10-17)20(25)23-11-5-6-16(13-23)12-21-4;/h7-10,14,16,18,21H,5-6,11-13H2,1-4H3,(H,22,24);1H. The van der Waals surface area contributed by atoms with Crippen molar-refractivity contribution in [2.75, 3.05) is 26.7 Å². The highest BCUT2D eigenvalue weighted by atomic mass is 35.5. The van der Waals surface area contributed by atoms with E-state index in [2.05, 4.69) is 10.6 Å². The number of benzene rings is 1. The van der Waals surface area contributed by atoms with E-state index in [1.54, 1.807) is 12.1 Å². The van der Waals surface area contributed by atoms with Crippen molar-refractivity contribution in [1.29, 1.82) is 0 Å². The molecule has 0 saturated carbocycles. The van der Waals surface area contributed by atoms with Gasteiger partial charge in [-0.15, -0.1) is 12.4 Å². The zero-order chi connectivity index (χ0) is 18.4. The van der Waals surface area contributed by atoms with Crippen molar-refractivity contribution in [2.45, 2.75) is 39.7 Å². The van der Waals surface area contributed by atoms with Crippen LogP contribution in [0, 0.1) is 18.8 Å². The summed E-state index contributed by atoms with van der Waals surface area (Å²) < 4.78 is 0. The molecule has 0 bridgehead atoms. The largest absolute Gasteiger partial charge is 0.341 e. The lowest BCUT2D eigenvalue weighted by atomic mass is 9.95. The number of hydrogen-bond donors (Lipinski definition) is 2. The second kappa shape index (κ2) is 10.5. The van der Waals surface area contributed by atoms with E-state index < -0.39 is 6.04 Å². The summed E-state index contributed by atoms with van der Waals surface area (Å²) in [6.45, 7) is 8.41. The quantitative estimate of drug-likeness (QED) is 0.796. The highest BCUT2D eigenvalue weighted by Gasteiger charge is 2.31. The van der Waals surface area contributed by atoms with Crippen molar-refractivity contribution in [3.63, 3.8) is 0 Å². The van der Waals surface area contributed by atoms with E-state index in [1.807, 2.05) is 44.9 Å². The molecule has 2 amide bonds. The SMILES string of the molecule is CNCC1CCCN(C(=O)C(NC(=O)c2ccc(C)cc2)C(C)C)C1.Cl. The van der Waals surface area contributed by atoms with Crippen LogP contribution in [0.5, 0.6) is 0 Å². The van der Waals surface area contributed by atoms with Gasteiger partial charge in [-0.2, -0.15) is 0 Å². The number of nitrogens with one attached hydrogen (secondary N) is 2. The molecule has 2 rings (SSSR count). The Labute approximate surface area is 163 Å². The Kier molecular flexibility index (Phi) is 9.09. The third-order valence-electron chi connectivity index (χ3n) is 4.86. The molecule has 0 aromatic heterocycles. The number of carbonyl (C=O) groups excluding carboxylic acids is 2. The molecule has 2 N–H and O–H groups in total. The predicted octanol–water partition coefficient (Wildman–Crippen LogP) is 2.63. The number of nitrogens with zero attached hydrogens (tertiary/aromatic N) is 1. The zero-order valence-corrected chi connectivity index (χ0v) is 17.1. The molecule has 0 aliphatic carbocycles. The first-order chi connectivity index (χ1) is 11.9. The first kappa shape index (κ1) is 22.5. The first-order valence-corrected chi connectivity index (χ1v) is 9.23. The number of amides is 2. The number of carbonyl (C=O) groups is 2. The Bertz CT molecular complexity index is 587. The molecule has 1 heterocycles. The molecule has 146 valence electrons. The minimum Gasteiger partial charge on any atom is -0.341 e. The Morgan fingerprint density at radius 2 is 1.88 bits per heavy atom. The molecule has 0 spiro atoms. The van der Waals surface area contributed by atoms with Crippen LogP contribution in [0.15, 0.2) is 24.3 Å². The molecule has 2 atom stereocenters. The van der Waals surface area contributed by atoms with Crippen LogP contribution in [-0.2, 0) is 4.79 Å². The maximum atomic E-state index is 13.0. The summed E-state index contributed by atoms with van der Waals surface area (Å²) in [5.74, 6) is 0.391. The van der Waals surface area contributed by atoms with Gasteiger partial charge in [0.25, 0.3) is 5.91 Å². The van der Waals surface area contributed by atoms with Gasteiger partial charge in [0.2, 0.25) is 5.91 Å². The molecular weight excluding hydrogens is 350 g/mol. The van der Waals surface area contributed by atoms with E-state index in [1.165, 1.54) is 0 Å². The minimum atomic E-state index is -0.484. The monoisotopic (exact) mass is 381 g/mol. The molecule has 1 saturated heterocycles. The molecule has 6 heteroatoms. The topological polar surface area (TPSA) is 61.4 Å². The van der Waals surface area contributed by atoms with Crippen molar-refractivity contribution in [1.82, 2.24) is 15.5 Å². The van der Waals surface area contributed by atoms with Gasteiger partial charge in [0.05, 0.1) is 0 Å². The molecule has 1 aliphatic heterocycles. The van der Waals surface area contributed by atoms with Crippen molar-refractivity contribution in [2.24, 2.45) is 11.8 Å². The smallest absolute Gasteiger partial charge is 0.251 e. The van der Waals surface area contributed by atoms with E-state index >= 15 is 0 Å². The second-order valence-electron chi connectivity index (χ2n) is 7.41. The maximum Gasteiger partial charge on any atom is 0.251 e. The summed E-state index contributed by atoms with van der Waals surface area (Å²) >= 11 is 0. The maximum absolute atomic E-state index is 13.0. The fourth-order valence-electron chi connectivity index (χ4n) is 3.36. The fraction of sp³-hybridized carbons (Fsp3) is 0.600. The van der Waals surface area contributed by atoms with E-state index in [9.17, 15) is 9.59 Å². The molecule has 1 aromatic rings. The highest BCUT2D eigenvalue weighted by Crippen LogP contribution is 2.18. The Hall–Kier alpha value is -1.59. The summed E-state index contributed by atoms with van der Waals surface area (Å²) in [7, 11) is 1.94. The van der Waals surface area contributed by atoms with Crippen LogP contribution in [0.2, 0.25) is 0 Å². The average Bonchev–Trinajstić information content (AvgIpc) is 2.60. The van der Waals surface area contributed by atoms with Crippen molar-refractivity contribution in [3.8, 4) is 0 Å². The third-order valence-corrected chi connectivity index (χ3v) is 4.86. The fourth-order valence-corrected chi connectivity index (χ4v) is 3.36. The second-order valence-corrected chi connectivity index (χ2v) is 7.41. The molecule has 1 aliphatic rings. The molecule has 26 heavy (non-hydrogen) atoms. The predicted molar refractivity (Wildman–Crippen MR) is 108 cm³/mol. The lowest BCUT2D eigenvalue weighted by Gasteiger charge is -2.36. The highest BCUT2D eigenvalue weighted by molar-refractivity contribution is 5.97. The first-order valence-electron chi connectivity index (χ1n) is 9.23. The number of likely N-dealkylation sites (tertiary alicyclic amines) is 1. The Morgan fingerprint density at radius 1 is 1.23 bits per heavy atom. The van der Waals surface area contributed by atoms with Gasteiger partial charge in [-0.25, -0.2) is 0 Å². The van der Waals surface area contributed by atoms with Crippen LogP contribution in [0.25, 0.3) is 0 Å². The van der Waals surface area contributed by atoms with Gasteiger partial charge in [0.15, 0.2) is 0 Å². The van der Waals surface area contributed by atoms with Gasteiger partial charge < -0.3 is 15.5 Å². The number of hydrogen-bond acceptors (Lipinski definition) is 3. The van der Waals surface area contributed by atoms with Crippen LogP contribution in [0.4, 0.5) is 0 Å². The van der Waals surface area contributed by atoms with E-state index in [4.69, 9.17) is 0 Å². The summed E-state index contributed by atoms with van der Waals surface area (Å²) in [4.78, 5) is 27.5. The Balaban J connectivity index is 0.00000338.